The van der Waals surface area contributed by atoms with Crippen molar-refractivity contribution in [2.45, 2.75) is 37.1 Å². The van der Waals surface area contributed by atoms with Crippen LogP contribution in [-0.2, 0) is 22.8 Å². The van der Waals surface area contributed by atoms with Crippen LogP contribution in [0, 0.1) is 0 Å². The number of hydrogen-bond donors (Lipinski definition) is 1. The number of carbonyl (C=O) groups excluding carboxylic acids is 1. The smallest absolute Gasteiger partial charge is 0.478 e. The highest BCUT2D eigenvalue weighted by atomic mass is 19.4. The number of carbonyl (C=O) groups is 2. The lowest BCUT2D eigenvalue weighted by Gasteiger charge is -2.17. The molecule has 11 heteroatoms. The van der Waals surface area contributed by atoms with E-state index >= 15 is 0 Å². The van der Waals surface area contributed by atoms with E-state index in [2.05, 4.69) is 14.5 Å². The third-order valence-corrected chi connectivity index (χ3v) is 6.22. The maximum atomic E-state index is 13.7. The van der Waals surface area contributed by atoms with Gasteiger partial charge in [-0.25, -0.2) is 4.79 Å². The monoisotopic (exact) mass is 507 g/mol. The van der Waals surface area contributed by atoms with Crippen molar-refractivity contribution in [1.82, 2.24) is 4.98 Å². The number of aromatic nitrogens is 1. The van der Waals surface area contributed by atoms with E-state index in [1.807, 2.05) is 0 Å². The fourth-order valence-electron chi connectivity index (χ4n) is 4.28. The number of Topliss-reactive ketones (excluding diaryl/α,β-unsaturated/α-hetero) is 1. The summed E-state index contributed by atoms with van der Waals surface area (Å²) in [6.45, 7) is 0. The number of benzene rings is 2. The third kappa shape index (κ3) is 4.25. The highest BCUT2D eigenvalue weighted by molar-refractivity contribution is 5.94. The molecule has 6 nitrogen and oxygen atoms in total. The van der Waals surface area contributed by atoms with Gasteiger partial charge in [-0.05, 0) is 54.8 Å². The van der Waals surface area contributed by atoms with Crippen molar-refractivity contribution in [1.29, 1.82) is 0 Å². The first-order chi connectivity index (χ1) is 16.9. The van der Waals surface area contributed by atoms with E-state index in [9.17, 15) is 36.6 Å². The van der Waals surface area contributed by atoms with E-state index in [-0.39, 0.29) is 42.0 Å². The third-order valence-electron chi connectivity index (χ3n) is 6.22. The number of carboxylic acids is 1. The minimum atomic E-state index is -4.77. The topological polar surface area (TPSA) is 85.7 Å². The summed E-state index contributed by atoms with van der Waals surface area (Å²) in [5.74, 6) is -2.02. The molecule has 5 rings (SSSR count). The number of hydrogen-bond acceptors (Lipinski definition) is 5. The molecular weight excluding hydrogens is 489 g/mol. The zero-order chi connectivity index (χ0) is 25.9. The van der Waals surface area contributed by atoms with Crippen molar-refractivity contribution in [3.63, 3.8) is 0 Å². The van der Waals surface area contributed by atoms with Gasteiger partial charge < -0.3 is 14.6 Å². The molecule has 0 amide bonds. The predicted octanol–water partition coefficient (Wildman–Crippen LogP) is 5.88. The molecule has 1 aliphatic heterocycles. The average molecular weight is 507 g/mol. The SMILES string of the molecule is O=C(O)c1cccc(-c2nc(CC(=O)C3(c4ccc5c(c4)OC(F)(F)O5)CC3)ccc2C(F)(F)F)c1.[HH]. The second kappa shape index (κ2) is 8.00. The molecule has 3 aromatic rings. The molecule has 36 heavy (non-hydrogen) atoms. The molecular formula is C25H18F5NO5. The number of aromatic carboxylic acids is 1. The summed E-state index contributed by atoms with van der Waals surface area (Å²) in [6, 6.07) is 10.9. The van der Waals surface area contributed by atoms with Gasteiger partial charge in [-0.2, -0.15) is 13.2 Å². The Morgan fingerprint density at radius 2 is 1.72 bits per heavy atom. The Kier molecular flexibility index (Phi) is 5.27. The van der Waals surface area contributed by atoms with Gasteiger partial charge in [-0.1, -0.05) is 18.2 Å². The van der Waals surface area contributed by atoms with Crippen molar-refractivity contribution in [2.75, 3.05) is 0 Å². The van der Waals surface area contributed by atoms with E-state index in [0.29, 0.717) is 18.4 Å². The van der Waals surface area contributed by atoms with Gasteiger partial charge >= 0.3 is 18.4 Å². The summed E-state index contributed by atoms with van der Waals surface area (Å²) < 4.78 is 76.6. The predicted molar refractivity (Wildman–Crippen MR) is 116 cm³/mol. The number of nitrogens with zero attached hydrogens (tertiary/aromatic N) is 1. The van der Waals surface area contributed by atoms with Gasteiger partial charge in [-0.15, -0.1) is 8.78 Å². The Morgan fingerprint density at radius 1 is 1.00 bits per heavy atom. The quantitative estimate of drug-likeness (QED) is 0.420. The molecule has 0 bridgehead atoms. The van der Waals surface area contributed by atoms with Crippen LogP contribution in [0.1, 0.15) is 41.4 Å². The van der Waals surface area contributed by atoms with Crippen LogP contribution >= 0.6 is 0 Å². The van der Waals surface area contributed by atoms with Crippen molar-refractivity contribution in [2.24, 2.45) is 0 Å². The standard InChI is InChI=1S/C25H16F5NO5.H2/c26-24(27,28)17-6-5-16(31-21(17)13-2-1-3-14(10-13)22(33)34)12-20(32)23(8-9-23)15-4-7-18-19(11-15)36-25(29,30)35-18;/h1-7,10-11H,8-9,12H2,(H,33,34);1H. The van der Waals surface area contributed by atoms with E-state index in [1.54, 1.807) is 0 Å². The maximum absolute atomic E-state index is 13.7. The first kappa shape index (κ1) is 23.7. The summed E-state index contributed by atoms with van der Waals surface area (Å²) in [4.78, 5) is 28.6. The molecule has 0 saturated heterocycles. The van der Waals surface area contributed by atoms with E-state index in [4.69, 9.17) is 0 Å². The molecule has 0 radical (unpaired) electrons. The molecule has 1 aromatic heterocycles. The lowest BCUT2D eigenvalue weighted by atomic mass is 9.88. The lowest BCUT2D eigenvalue weighted by molar-refractivity contribution is -0.286. The van der Waals surface area contributed by atoms with Crippen LogP contribution in [0.4, 0.5) is 22.0 Å². The van der Waals surface area contributed by atoms with E-state index in [0.717, 1.165) is 18.2 Å². The number of alkyl halides is 5. The molecule has 188 valence electrons. The van der Waals surface area contributed by atoms with Gasteiger partial charge in [0.2, 0.25) is 0 Å². The van der Waals surface area contributed by atoms with Crippen LogP contribution in [-0.4, -0.2) is 28.1 Å². The number of halogens is 5. The summed E-state index contributed by atoms with van der Waals surface area (Å²) in [6.07, 6.45) is -8.03. The summed E-state index contributed by atoms with van der Waals surface area (Å²) in [5, 5.41) is 9.21. The van der Waals surface area contributed by atoms with Crippen LogP contribution in [0.2, 0.25) is 0 Å². The van der Waals surface area contributed by atoms with Crippen molar-refractivity contribution in [3.05, 3.63) is 77.0 Å². The molecule has 1 aliphatic carbocycles. The molecule has 2 aliphatic rings. The number of carboxylic acid groups (broad SMARTS) is 1. The average Bonchev–Trinajstić information content (AvgIpc) is 3.55. The molecule has 0 spiro atoms. The van der Waals surface area contributed by atoms with E-state index < -0.39 is 35.1 Å². The van der Waals surface area contributed by atoms with Crippen LogP contribution in [0.15, 0.2) is 54.6 Å². The van der Waals surface area contributed by atoms with Crippen molar-refractivity contribution < 1.29 is 47.5 Å². The largest absolute Gasteiger partial charge is 0.586 e. The first-order valence-electron chi connectivity index (χ1n) is 10.7. The van der Waals surface area contributed by atoms with Crippen LogP contribution in [0.3, 0.4) is 0 Å². The molecule has 1 N–H and O–H groups in total. The Balaban J connectivity index is 0.00000320. The van der Waals surface area contributed by atoms with E-state index in [1.165, 1.54) is 36.4 Å². The summed E-state index contributed by atoms with van der Waals surface area (Å²) >= 11 is 0. The highest BCUT2D eigenvalue weighted by Gasteiger charge is 2.52. The maximum Gasteiger partial charge on any atom is 0.586 e. The normalized spacial score (nSPS) is 17.0. The lowest BCUT2D eigenvalue weighted by Crippen LogP contribution is -2.26. The number of pyridine rings is 1. The van der Waals surface area contributed by atoms with Crippen LogP contribution < -0.4 is 9.47 Å². The minimum Gasteiger partial charge on any atom is -0.478 e. The summed E-state index contributed by atoms with van der Waals surface area (Å²) in [5.41, 5.74) is -2.34. The van der Waals surface area contributed by atoms with Gasteiger partial charge in [0.1, 0.15) is 5.78 Å². The number of ether oxygens (including phenoxy) is 2. The van der Waals surface area contributed by atoms with Crippen LogP contribution in [0.5, 0.6) is 11.5 Å². The Hall–Kier alpha value is -4.02. The molecule has 0 unspecified atom stereocenters. The van der Waals surface area contributed by atoms with Gasteiger partial charge in [0.05, 0.1) is 22.2 Å². The fourth-order valence-corrected chi connectivity index (χ4v) is 4.28. The van der Waals surface area contributed by atoms with Gasteiger partial charge in [0.15, 0.2) is 11.5 Å². The Bertz CT molecular complexity index is 1400. The van der Waals surface area contributed by atoms with Gasteiger partial charge in [-0.3, -0.25) is 9.78 Å². The molecule has 1 saturated carbocycles. The fraction of sp³-hybridized carbons (Fsp3) is 0.240. The number of ketones is 1. The second-order valence-corrected chi connectivity index (χ2v) is 8.59. The molecule has 2 aromatic carbocycles. The van der Waals surface area contributed by atoms with Gasteiger partial charge in [0, 0.05) is 19.1 Å². The number of fused-ring (bicyclic) bond motifs is 1. The minimum absolute atomic E-state index is 0. The zero-order valence-electron chi connectivity index (χ0n) is 18.2. The zero-order valence-corrected chi connectivity index (χ0v) is 18.2. The molecule has 2 heterocycles. The van der Waals surface area contributed by atoms with Crippen molar-refractivity contribution >= 4 is 11.8 Å². The second-order valence-electron chi connectivity index (χ2n) is 8.59. The van der Waals surface area contributed by atoms with Gasteiger partial charge in [0.25, 0.3) is 0 Å². The van der Waals surface area contributed by atoms with Crippen LogP contribution in [0.25, 0.3) is 11.3 Å². The first-order valence-corrected chi connectivity index (χ1v) is 10.7. The molecule has 0 atom stereocenters. The number of rotatable bonds is 6. The Labute approximate surface area is 201 Å². The molecule has 1 fully saturated rings. The Morgan fingerprint density at radius 3 is 2.39 bits per heavy atom. The van der Waals surface area contributed by atoms with Crippen molar-refractivity contribution in [3.8, 4) is 22.8 Å². The summed E-state index contributed by atoms with van der Waals surface area (Å²) in [7, 11) is 0. The highest BCUT2D eigenvalue weighted by Crippen LogP contribution is 2.52.